The zero-order valence-electron chi connectivity index (χ0n) is 11.0. The molecule has 2 heterocycles. The van der Waals surface area contributed by atoms with Crippen LogP contribution in [0.25, 0.3) is 0 Å². The molecule has 1 aromatic heterocycles. The average Bonchev–Trinajstić information content (AvgIpc) is 2.56. The third-order valence-corrected chi connectivity index (χ3v) is 4.92. The highest BCUT2D eigenvalue weighted by Crippen LogP contribution is 2.27. The van der Waals surface area contributed by atoms with Crippen molar-refractivity contribution in [2.75, 3.05) is 25.1 Å². The van der Waals surface area contributed by atoms with Crippen LogP contribution in [-0.4, -0.2) is 41.8 Å². The molecule has 1 saturated heterocycles. The largest absolute Gasteiger partial charge is 0.396 e. The summed E-state index contributed by atoms with van der Waals surface area (Å²) >= 11 is 0. The quantitative estimate of drug-likeness (QED) is 0.858. The zero-order valence-corrected chi connectivity index (χ0v) is 11.9. The van der Waals surface area contributed by atoms with Gasteiger partial charge in [-0.25, -0.2) is 12.7 Å². The molecule has 102 valence electrons. The van der Waals surface area contributed by atoms with Crippen molar-refractivity contribution >= 4 is 15.7 Å². The fourth-order valence-corrected chi connectivity index (χ4v) is 3.32. The van der Waals surface area contributed by atoms with Gasteiger partial charge in [0, 0.05) is 13.1 Å². The lowest BCUT2D eigenvalue weighted by Gasteiger charge is -2.30. The molecule has 0 atom stereocenters. The van der Waals surface area contributed by atoms with Crippen LogP contribution in [0.4, 0.5) is 5.69 Å². The number of aromatic nitrogens is 2. The van der Waals surface area contributed by atoms with E-state index < -0.39 is 10.0 Å². The summed E-state index contributed by atoms with van der Waals surface area (Å²) in [4.78, 5) is 0. The third-order valence-electron chi connectivity index (χ3n) is 3.62. The molecule has 0 aliphatic carbocycles. The predicted molar refractivity (Wildman–Crippen MR) is 70.8 cm³/mol. The van der Waals surface area contributed by atoms with Crippen molar-refractivity contribution in [2.45, 2.75) is 32.7 Å². The molecule has 1 aliphatic heterocycles. The molecule has 0 amide bonds. The number of rotatable bonds is 2. The second kappa shape index (κ2) is 4.55. The van der Waals surface area contributed by atoms with E-state index in [1.807, 2.05) is 18.5 Å². The van der Waals surface area contributed by atoms with Gasteiger partial charge in [-0.2, -0.15) is 5.10 Å². The number of hydrogen-bond acceptors (Lipinski definition) is 4. The standard InChI is InChI=1S/C11H20N4O2S/c1-8-11(12)9(2)15(13-8)10-4-6-14(7-5-10)18(3,16)17/h10H,4-7,12H2,1-3H3. The molecule has 18 heavy (non-hydrogen) atoms. The van der Waals surface area contributed by atoms with Crippen molar-refractivity contribution in [3.05, 3.63) is 11.4 Å². The summed E-state index contributed by atoms with van der Waals surface area (Å²) in [6.07, 6.45) is 2.83. The Morgan fingerprint density at radius 2 is 1.83 bits per heavy atom. The molecule has 0 radical (unpaired) electrons. The van der Waals surface area contributed by atoms with Gasteiger partial charge >= 0.3 is 0 Å². The Kier molecular flexibility index (Phi) is 3.37. The summed E-state index contributed by atoms with van der Waals surface area (Å²) in [6, 6.07) is 0.249. The van der Waals surface area contributed by atoms with E-state index in [1.165, 1.54) is 10.6 Å². The number of sulfonamides is 1. The van der Waals surface area contributed by atoms with Gasteiger partial charge in [-0.3, -0.25) is 4.68 Å². The maximum atomic E-state index is 11.4. The average molecular weight is 272 g/mol. The predicted octanol–water partition coefficient (Wildman–Crippen LogP) is 0.679. The summed E-state index contributed by atoms with van der Waals surface area (Å²) in [6.45, 7) is 4.96. The number of nitrogens with zero attached hydrogens (tertiary/aromatic N) is 3. The summed E-state index contributed by atoms with van der Waals surface area (Å²) < 4.78 is 26.4. The SMILES string of the molecule is Cc1nn(C2CCN(S(C)(=O)=O)CC2)c(C)c1N. The van der Waals surface area contributed by atoms with Crippen LogP contribution >= 0.6 is 0 Å². The van der Waals surface area contributed by atoms with Crippen LogP contribution in [0.15, 0.2) is 0 Å². The van der Waals surface area contributed by atoms with Crippen LogP contribution in [0.5, 0.6) is 0 Å². The number of aryl methyl sites for hydroxylation is 1. The maximum absolute atomic E-state index is 11.4. The molecule has 0 spiro atoms. The molecular formula is C11H20N4O2S. The number of piperidine rings is 1. The van der Waals surface area contributed by atoms with E-state index in [1.54, 1.807) is 0 Å². The van der Waals surface area contributed by atoms with Gasteiger partial charge in [0.25, 0.3) is 0 Å². The van der Waals surface area contributed by atoms with Gasteiger partial charge in [0.1, 0.15) is 0 Å². The lowest BCUT2D eigenvalue weighted by molar-refractivity contribution is 0.259. The van der Waals surface area contributed by atoms with E-state index >= 15 is 0 Å². The highest BCUT2D eigenvalue weighted by Gasteiger charge is 2.27. The lowest BCUT2D eigenvalue weighted by Crippen LogP contribution is -2.38. The molecule has 7 heteroatoms. The Hall–Kier alpha value is -1.08. The topological polar surface area (TPSA) is 81.2 Å². The van der Waals surface area contributed by atoms with Crippen molar-refractivity contribution in [2.24, 2.45) is 0 Å². The van der Waals surface area contributed by atoms with Gasteiger partial charge in [-0.1, -0.05) is 0 Å². The molecule has 1 fully saturated rings. The van der Waals surface area contributed by atoms with Crippen LogP contribution in [0.3, 0.4) is 0 Å². The van der Waals surface area contributed by atoms with Crippen LogP contribution in [0.1, 0.15) is 30.3 Å². The Labute approximate surface area is 108 Å². The molecule has 0 aromatic carbocycles. The smallest absolute Gasteiger partial charge is 0.211 e. The van der Waals surface area contributed by atoms with Crippen molar-refractivity contribution in [3.63, 3.8) is 0 Å². The fourth-order valence-electron chi connectivity index (χ4n) is 2.45. The number of nitrogen functional groups attached to an aromatic ring is 1. The number of anilines is 1. The van der Waals surface area contributed by atoms with Crippen LogP contribution in [0.2, 0.25) is 0 Å². The molecule has 0 saturated carbocycles. The molecular weight excluding hydrogens is 252 g/mol. The monoisotopic (exact) mass is 272 g/mol. The molecule has 1 aliphatic rings. The zero-order chi connectivity index (χ0) is 13.5. The molecule has 2 N–H and O–H groups in total. The van der Waals surface area contributed by atoms with Crippen molar-refractivity contribution in [1.29, 1.82) is 0 Å². The molecule has 1 aromatic rings. The summed E-state index contributed by atoms with van der Waals surface area (Å²) in [7, 11) is -3.07. The van der Waals surface area contributed by atoms with Crippen LogP contribution < -0.4 is 5.73 Å². The summed E-state index contributed by atoms with van der Waals surface area (Å²) in [5, 5.41) is 4.44. The van der Waals surface area contributed by atoms with Crippen molar-refractivity contribution in [3.8, 4) is 0 Å². The minimum absolute atomic E-state index is 0.249. The van der Waals surface area contributed by atoms with Crippen molar-refractivity contribution in [1.82, 2.24) is 14.1 Å². The fraction of sp³-hybridized carbons (Fsp3) is 0.727. The second-order valence-electron chi connectivity index (χ2n) is 4.92. The highest BCUT2D eigenvalue weighted by atomic mass is 32.2. The number of hydrogen-bond donors (Lipinski definition) is 1. The summed E-state index contributed by atoms with van der Waals surface area (Å²) in [5.74, 6) is 0. The number of nitrogens with two attached hydrogens (primary N) is 1. The van der Waals surface area contributed by atoms with Gasteiger partial charge in [-0.05, 0) is 26.7 Å². The molecule has 6 nitrogen and oxygen atoms in total. The maximum Gasteiger partial charge on any atom is 0.211 e. The van der Waals surface area contributed by atoms with Gasteiger partial charge in [-0.15, -0.1) is 0 Å². The van der Waals surface area contributed by atoms with E-state index in [4.69, 9.17) is 5.73 Å². The highest BCUT2D eigenvalue weighted by molar-refractivity contribution is 7.88. The molecule has 0 bridgehead atoms. The first-order valence-electron chi connectivity index (χ1n) is 6.07. The first kappa shape index (κ1) is 13.4. The molecule has 0 unspecified atom stereocenters. The van der Waals surface area contributed by atoms with Gasteiger partial charge in [0.2, 0.25) is 10.0 Å². The Morgan fingerprint density at radius 3 is 2.22 bits per heavy atom. The summed E-state index contributed by atoms with van der Waals surface area (Å²) in [5.41, 5.74) is 8.48. The Morgan fingerprint density at radius 1 is 1.28 bits per heavy atom. The minimum Gasteiger partial charge on any atom is -0.396 e. The molecule has 2 rings (SSSR count). The normalized spacial score (nSPS) is 19.3. The lowest BCUT2D eigenvalue weighted by atomic mass is 10.1. The van der Waals surface area contributed by atoms with Gasteiger partial charge in [0.05, 0.1) is 29.4 Å². The van der Waals surface area contributed by atoms with E-state index in [-0.39, 0.29) is 6.04 Å². The van der Waals surface area contributed by atoms with E-state index in [2.05, 4.69) is 5.10 Å². The van der Waals surface area contributed by atoms with Gasteiger partial charge < -0.3 is 5.73 Å². The van der Waals surface area contributed by atoms with E-state index in [0.29, 0.717) is 13.1 Å². The van der Waals surface area contributed by atoms with Gasteiger partial charge in [0.15, 0.2) is 0 Å². The first-order chi connectivity index (χ1) is 8.30. The Bertz CT molecular complexity index is 542. The van der Waals surface area contributed by atoms with E-state index in [9.17, 15) is 8.42 Å². The third kappa shape index (κ3) is 2.37. The Balaban J connectivity index is 2.13. The van der Waals surface area contributed by atoms with E-state index in [0.717, 1.165) is 29.9 Å². The second-order valence-corrected chi connectivity index (χ2v) is 6.90. The van der Waals surface area contributed by atoms with Crippen LogP contribution in [-0.2, 0) is 10.0 Å². The van der Waals surface area contributed by atoms with Crippen molar-refractivity contribution < 1.29 is 8.42 Å². The first-order valence-corrected chi connectivity index (χ1v) is 7.92. The minimum atomic E-state index is -3.07. The van der Waals surface area contributed by atoms with Crippen LogP contribution in [0, 0.1) is 13.8 Å².